The van der Waals surface area contributed by atoms with E-state index in [2.05, 4.69) is 9.97 Å². The molecule has 17 heavy (non-hydrogen) atoms. The Morgan fingerprint density at radius 1 is 1.65 bits per heavy atom. The van der Waals surface area contributed by atoms with E-state index < -0.39 is 5.97 Å². The highest BCUT2D eigenvalue weighted by Gasteiger charge is 2.10. The van der Waals surface area contributed by atoms with E-state index >= 15 is 0 Å². The third kappa shape index (κ3) is 2.72. The molecule has 2 N–H and O–H groups in total. The molecule has 2 rings (SSSR count). The van der Waals surface area contributed by atoms with Gasteiger partial charge in [-0.2, -0.15) is 0 Å². The molecule has 0 amide bonds. The first-order chi connectivity index (χ1) is 8.20. The zero-order valence-corrected chi connectivity index (χ0v) is 10.1. The molecule has 0 saturated heterocycles. The topological polar surface area (TPSA) is 75.2 Å². The van der Waals surface area contributed by atoms with Crippen molar-refractivity contribution in [2.45, 2.75) is 13.5 Å². The summed E-state index contributed by atoms with van der Waals surface area (Å²) in [6, 6.07) is 1.57. The first kappa shape index (κ1) is 11.8. The Morgan fingerprint density at radius 2 is 2.47 bits per heavy atom. The lowest BCUT2D eigenvalue weighted by atomic mass is 10.2. The van der Waals surface area contributed by atoms with E-state index in [-0.39, 0.29) is 5.69 Å². The van der Waals surface area contributed by atoms with Gasteiger partial charge in [0.1, 0.15) is 10.7 Å². The maximum Gasteiger partial charge on any atom is 0.352 e. The Balaban J connectivity index is 2.15. The molecule has 0 saturated carbocycles. The molecule has 2 aromatic rings. The lowest BCUT2D eigenvalue weighted by Gasteiger charge is -1.94. The molecule has 0 radical (unpaired) electrons. The summed E-state index contributed by atoms with van der Waals surface area (Å²) in [5.74, 6) is -0.971. The minimum absolute atomic E-state index is 0.166. The van der Waals surface area contributed by atoms with Crippen LogP contribution < -0.4 is 0 Å². The lowest BCUT2D eigenvalue weighted by molar-refractivity contribution is 0.0691. The second-order valence-electron chi connectivity index (χ2n) is 3.37. The fourth-order valence-electron chi connectivity index (χ4n) is 1.36. The SMILES string of the molecule is CCOCc1nc(-c2c[nH]c(C(=O)O)c2)cs1. The number of nitrogens with one attached hydrogen (secondary N) is 1. The molecule has 0 atom stereocenters. The molecule has 2 heterocycles. The molecule has 0 unspecified atom stereocenters. The number of hydrogen-bond donors (Lipinski definition) is 2. The van der Waals surface area contributed by atoms with E-state index in [1.54, 1.807) is 12.3 Å². The molecule has 0 aliphatic rings. The van der Waals surface area contributed by atoms with Crippen molar-refractivity contribution < 1.29 is 14.6 Å². The third-order valence-corrected chi connectivity index (χ3v) is 3.01. The van der Waals surface area contributed by atoms with Crippen LogP contribution in [0.5, 0.6) is 0 Å². The molecule has 5 nitrogen and oxygen atoms in total. The van der Waals surface area contributed by atoms with Crippen LogP contribution in [0.15, 0.2) is 17.6 Å². The summed E-state index contributed by atoms with van der Waals surface area (Å²) in [7, 11) is 0. The minimum atomic E-state index is -0.971. The highest BCUT2D eigenvalue weighted by Crippen LogP contribution is 2.23. The van der Waals surface area contributed by atoms with Gasteiger partial charge in [0.15, 0.2) is 0 Å². The minimum Gasteiger partial charge on any atom is -0.477 e. The van der Waals surface area contributed by atoms with Gasteiger partial charge < -0.3 is 14.8 Å². The molecular formula is C11H12N2O3S. The van der Waals surface area contributed by atoms with Gasteiger partial charge >= 0.3 is 5.97 Å². The van der Waals surface area contributed by atoms with E-state index in [1.165, 1.54) is 11.3 Å². The highest BCUT2D eigenvalue weighted by molar-refractivity contribution is 7.09. The predicted molar refractivity (Wildman–Crippen MR) is 64.2 cm³/mol. The van der Waals surface area contributed by atoms with Crippen LogP contribution in [-0.2, 0) is 11.3 Å². The zero-order valence-electron chi connectivity index (χ0n) is 9.27. The van der Waals surface area contributed by atoms with E-state index in [1.807, 2.05) is 12.3 Å². The number of H-pyrrole nitrogens is 1. The summed E-state index contributed by atoms with van der Waals surface area (Å²) < 4.78 is 5.26. The van der Waals surface area contributed by atoms with Crippen LogP contribution in [0.25, 0.3) is 11.3 Å². The van der Waals surface area contributed by atoms with Gasteiger partial charge in [-0.25, -0.2) is 9.78 Å². The number of aromatic carboxylic acids is 1. The van der Waals surface area contributed by atoms with Crippen molar-refractivity contribution in [1.29, 1.82) is 0 Å². The summed E-state index contributed by atoms with van der Waals surface area (Å²) in [4.78, 5) is 17.8. The van der Waals surface area contributed by atoms with E-state index in [9.17, 15) is 4.79 Å². The Kier molecular flexibility index (Phi) is 3.55. The van der Waals surface area contributed by atoms with Crippen molar-refractivity contribution in [3.8, 4) is 11.3 Å². The summed E-state index contributed by atoms with van der Waals surface area (Å²) >= 11 is 1.50. The van der Waals surface area contributed by atoms with Crippen LogP contribution in [0, 0.1) is 0 Å². The Bertz CT molecular complexity index is 518. The normalized spacial score (nSPS) is 10.6. The molecule has 90 valence electrons. The van der Waals surface area contributed by atoms with Gasteiger partial charge in [-0.1, -0.05) is 0 Å². The molecule has 0 aliphatic heterocycles. The van der Waals surface area contributed by atoms with Gasteiger partial charge in [-0.3, -0.25) is 0 Å². The van der Waals surface area contributed by atoms with Crippen LogP contribution in [-0.4, -0.2) is 27.7 Å². The maximum absolute atomic E-state index is 10.7. The third-order valence-electron chi connectivity index (χ3n) is 2.19. The summed E-state index contributed by atoms with van der Waals surface area (Å²) in [5.41, 5.74) is 1.72. The summed E-state index contributed by atoms with van der Waals surface area (Å²) in [6.45, 7) is 3.08. The number of hydrogen-bond acceptors (Lipinski definition) is 4. The smallest absolute Gasteiger partial charge is 0.352 e. The lowest BCUT2D eigenvalue weighted by Crippen LogP contribution is -1.94. The van der Waals surface area contributed by atoms with E-state index in [0.29, 0.717) is 13.2 Å². The van der Waals surface area contributed by atoms with Gasteiger partial charge in [0.2, 0.25) is 0 Å². The first-order valence-corrected chi connectivity index (χ1v) is 6.03. The first-order valence-electron chi connectivity index (χ1n) is 5.15. The second kappa shape index (κ2) is 5.11. The van der Waals surface area contributed by atoms with Crippen molar-refractivity contribution in [1.82, 2.24) is 9.97 Å². The maximum atomic E-state index is 10.7. The Hall–Kier alpha value is -1.66. The van der Waals surface area contributed by atoms with Gasteiger partial charge in [0, 0.05) is 23.7 Å². The average Bonchev–Trinajstić information content (AvgIpc) is 2.94. The number of carboxylic acids is 1. The predicted octanol–water partition coefficient (Wildman–Crippen LogP) is 2.37. The highest BCUT2D eigenvalue weighted by atomic mass is 32.1. The van der Waals surface area contributed by atoms with Gasteiger partial charge in [0.25, 0.3) is 0 Å². The number of thiazole rings is 1. The van der Waals surface area contributed by atoms with E-state index in [0.717, 1.165) is 16.3 Å². The van der Waals surface area contributed by atoms with Gasteiger partial charge in [-0.15, -0.1) is 11.3 Å². The molecule has 6 heteroatoms. The number of carboxylic acid groups (broad SMARTS) is 1. The van der Waals surface area contributed by atoms with Crippen molar-refractivity contribution in [3.63, 3.8) is 0 Å². The number of carbonyl (C=O) groups is 1. The average molecular weight is 252 g/mol. The van der Waals surface area contributed by atoms with Gasteiger partial charge in [0.05, 0.1) is 12.3 Å². The van der Waals surface area contributed by atoms with Gasteiger partial charge in [-0.05, 0) is 13.0 Å². The van der Waals surface area contributed by atoms with E-state index in [4.69, 9.17) is 9.84 Å². The van der Waals surface area contributed by atoms with Crippen LogP contribution in [0.2, 0.25) is 0 Å². The van der Waals surface area contributed by atoms with Crippen LogP contribution in [0.3, 0.4) is 0 Å². The molecule has 0 aromatic carbocycles. The second-order valence-corrected chi connectivity index (χ2v) is 4.31. The van der Waals surface area contributed by atoms with Crippen molar-refractivity contribution in [2.24, 2.45) is 0 Å². The van der Waals surface area contributed by atoms with Crippen molar-refractivity contribution >= 4 is 17.3 Å². The molecule has 0 spiro atoms. The standard InChI is InChI=1S/C11H12N2O3S/c1-2-16-5-10-13-9(6-17-10)7-3-8(11(14)15)12-4-7/h3-4,6,12H,2,5H2,1H3,(H,14,15). The Labute approximate surface area is 102 Å². The quantitative estimate of drug-likeness (QED) is 0.856. The van der Waals surface area contributed by atoms with Crippen LogP contribution in [0.4, 0.5) is 0 Å². The van der Waals surface area contributed by atoms with Crippen LogP contribution in [0.1, 0.15) is 22.4 Å². The largest absolute Gasteiger partial charge is 0.477 e. The number of nitrogens with zero attached hydrogens (tertiary/aromatic N) is 1. The number of ether oxygens (including phenoxy) is 1. The monoisotopic (exact) mass is 252 g/mol. The number of rotatable bonds is 5. The van der Waals surface area contributed by atoms with Crippen molar-refractivity contribution in [2.75, 3.05) is 6.61 Å². The van der Waals surface area contributed by atoms with Crippen LogP contribution >= 0.6 is 11.3 Å². The fourth-order valence-corrected chi connectivity index (χ4v) is 2.10. The van der Waals surface area contributed by atoms with Crippen molar-refractivity contribution in [3.05, 3.63) is 28.3 Å². The molecule has 0 bridgehead atoms. The number of aromatic nitrogens is 2. The fraction of sp³-hybridized carbons (Fsp3) is 0.273. The molecule has 0 fully saturated rings. The Morgan fingerprint density at radius 3 is 3.12 bits per heavy atom. The molecular weight excluding hydrogens is 240 g/mol. The number of aromatic amines is 1. The molecule has 2 aromatic heterocycles. The molecule has 0 aliphatic carbocycles. The zero-order chi connectivity index (χ0) is 12.3. The summed E-state index contributed by atoms with van der Waals surface area (Å²) in [5, 5.41) is 11.6. The summed E-state index contributed by atoms with van der Waals surface area (Å²) in [6.07, 6.45) is 1.64.